The lowest BCUT2D eigenvalue weighted by molar-refractivity contribution is -0.138. The summed E-state index contributed by atoms with van der Waals surface area (Å²) in [7, 11) is 5.54. The number of carbonyl (C=O) groups excluding carboxylic acids is 1. The number of halogens is 2. The first-order valence-electron chi connectivity index (χ1n) is 9.98. The lowest BCUT2D eigenvalue weighted by Crippen LogP contribution is -2.44. The molecule has 1 amide bonds. The van der Waals surface area contributed by atoms with Gasteiger partial charge in [-0.05, 0) is 31.9 Å². The van der Waals surface area contributed by atoms with E-state index >= 15 is 0 Å². The monoisotopic (exact) mass is 520 g/mol. The van der Waals surface area contributed by atoms with Gasteiger partial charge < -0.3 is 19.9 Å². The molecule has 0 radical (unpaired) electrons. The first-order valence-corrected chi connectivity index (χ1v) is 9.98. The van der Waals surface area contributed by atoms with Crippen LogP contribution in [0, 0.1) is 11.2 Å². The number of likely N-dealkylation sites (N-methyl/N-ethyl adjacent to an activating group) is 1. The Morgan fingerprint density at radius 2 is 1.90 bits per heavy atom. The van der Waals surface area contributed by atoms with Gasteiger partial charge in [0.25, 0.3) is 0 Å². The highest BCUT2D eigenvalue weighted by molar-refractivity contribution is 14.0. The van der Waals surface area contributed by atoms with Crippen LogP contribution in [-0.2, 0) is 4.79 Å². The Morgan fingerprint density at radius 1 is 1.24 bits per heavy atom. The van der Waals surface area contributed by atoms with Crippen LogP contribution in [0.5, 0.6) is 5.75 Å². The highest BCUT2D eigenvalue weighted by atomic mass is 127. The summed E-state index contributed by atoms with van der Waals surface area (Å²) >= 11 is 0. The van der Waals surface area contributed by atoms with Gasteiger partial charge in [-0.1, -0.05) is 25.0 Å². The van der Waals surface area contributed by atoms with Crippen molar-refractivity contribution in [2.75, 3.05) is 47.4 Å². The van der Waals surface area contributed by atoms with E-state index in [1.54, 1.807) is 23.1 Å². The number of amides is 1. The average molecular weight is 520 g/mol. The Labute approximate surface area is 190 Å². The first kappa shape index (κ1) is 25.5. The van der Waals surface area contributed by atoms with E-state index in [9.17, 15) is 9.18 Å². The van der Waals surface area contributed by atoms with Crippen LogP contribution in [0.2, 0.25) is 0 Å². The normalized spacial score (nSPS) is 15.4. The molecule has 0 unspecified atom stereocenters. The molecule has 0 aromatic heterocycles. The van der Waals surface area contributed by atoms with Gasteiger partial charge in [0.2, 0.25) is 5.91 Å². The van der Waals surface area contributed by atoms with E-state index in [0.717, 1.165) is 38.2 Å². The number of benzene rings is 1. The zero-order chi connectivity index (χ0) is 20.6. The van der Waals surface area contributed by atoms with E-state index in [2.05, 4.69) is 5.32 Å². The minimum absolute atomic E-state index is 0. The largest absolute Gasteiger partial charge is 0.489 e. The Bertz CT molecular complexity index is 678. The summed E-state index contributed by atoms with van der Waals surface area (Å²) in [6.45, 7) is 4.10. The molecule has 1 saturated carbocycles. The molecule has 0 aliphatic heterocycles. The van der Waals surface area contributed by atoms with E-state index in [1.807, 2.05) is 33.0 Å². The van der Waals surface area contributed by atoms with Crippen LogP contribution in [0.15, 0.2) is 29.3 Å². The molecule has 1 aliphatic rings. The Kier molecular flexibility index (Phi) is 10.7. The van der Waals surface area contributed by atoms with Gasteiger partial charge in [0.1, 0.15) is 6.61 Å². The van der Waals surface area contributed by atoms with Crippen LogP contribution in [0.4, 0.5) is 4.39 Å². The molecule has 1 aromatic carbocycles. The Balaban J connectivity index is 0.00000420. The minimum atomic E-state index is -0.394. The number of carbonyl (C=O) groups is 1. The summed E-state index contributed by atoms with van der Waals surface area (Å²) in [4.78, 5) is 21.1. The van der Waals surface area contributed by atoms with Crippen molar-refractivity contribution >= 4 is 35.8 Å². The summed E-state index contributed by atoms with van der Waals surface area (Å²) < 4.78 is 19.2. The minimum Gasteiger partial charge on any atom is -0.489 e. The molecule has 0 atom stereocenters. The van der Waals surface area contributed by atoms with Gasteiger partial charge in [0.05, 0.1) is 18.5 Å². The second-order valence-electron chi connectivity index (χ2n) is 7.56. The van der Waals surface area contributed by atoms with Gasteiger partial charge in [-0.15, -0.1) is 24.0 Å². The third-order valence-electron chi connectivity index (χ3n) is 5.17. The van der Waals surface area contributed by atoms with Crippen molar-refractivity contribution in [2.24, 2.45) is 10.4 Å². The first-order chi connectivity index (χ1) is 13.4. The third-order valence-corrected chi connectivity index (χ3v) is 5.17. The van der Waals surface area contributed by atoms with E-state index in [1.165, 1.54) is 6.07 Å². The molecule has 2 rings (SSSR count). The maximum Gasteiger partial charge on any atom is 0.230 e. The smallest absolute Gasteiger partial charge is 0.230 e. The van der Waals surface area contributed by atoms with E-state index in [-0.39, 0.29) is 41.5 Å². The predicted octanol–water partition coefficient (Wildman–Crippen LogP) is 3.37. The van der Waals surface area contributed by atoms with E-state index in [0.29, 0.717) is 19.7 Å². The van der Waals surface area contributed by atoms with Crippen molar-refractivity contribution in [3.8, 4) is 5.75 Å². The number of ether oxygens (including phenoxy) is 1. The predicted molar refractivity (Wildman–Crippen MR) is 126 cm³/mol. The van der Waals surface area contributed by atoms with Crippen LogP contribution in [-0.4, -0.2) is 69.1 Å². The number of aliphatic imine (C=N–C) groups is 1. The molecule has 0 bridgehead atoms. The van der Waals surface area contributed by atoms with Gasteiger partial charge in [-0.3, -0.25) is 9.79 Å². The topological polar surface area (TPSA) is 57.2 Å². The van der Waals surface area contributed by atoms with Crippen molar-refractivity contribution in [3.63, 3.8) is 0 Å². The third kappa shape index (κ3) is 7.01. The molecule has 6 nitrogen and oxygen atoms in total. The molecular weight excluding hydrogens is 486 g/mol. The summed E-state index contributed by atoms with van der Waals surface area (Å²) in [5, 5.41) is 3.27. The van der Waals surface area contributed by atoms with Gasteiger partial charge in [0.15, 0.2) is 17.5 Å². The van der Waals surface area contributed by atoms with Crippen molar-refractivity contribution < 1.29 is 13.9 Å². The summed E-state index contributed by atoms with van der Waals surface area (Å²) in [5.41, 5.74) is -0.394. The molecule has 164 valence electrons. The highest BCUT2D eigenvalue weighted by Crippen LogP contribution is 2.39. The lowest BCUT2D eigenvalue weighted by Gasteiger charge is -2.30. The van der Waals surface area contributed by atoms with Crippen molar-refractivity contribution in [1.82, 2.24) is 15.1 Å². The van der Waals surface area contributed by atoms with Crippen LogP contribution < -0.4 is 10.1 Å². The Hall–Kier alpha value is -1.58. The molecule has 0 heterocycles. The quantitative estimate of drug-likeness (QED) is 0.325. The van der Waals surface area contributed by atoms with Crippen molar-refractivity contribution in [3.05, 3.63) is 30.1 Å². The number of para-hydroxylation sites is 1. The lowest BCUT2D eigenvalue weighted by atomic mass is 9.85. The van der Waals surface area contributed by atoms with Gasteiger partial charge >= 0.3 is 0 Å². The molecule has 1 aromatic rings. The number of nitrogens with one attached hydrogen (secondary N) is 1. The second kappa shape index (κ2) is 12.2. The fourth-order valence-corrected chi connectivity index (χ4v) is 3.62. The summed E-state index contributed by atoms with van der Waals surface area (Å²) in [5.74, 6) is 0.781. The molecule has 0 saturated heterocycles. The fourth-order valence-electron chi connectivity index (χ4n) is 3.62. The molecule has 0 spiro atoms. The van der Waals surface area contributed by atoms with Crippen LogP contribution >= 0.6 is 24.0 Å². The van der Waals surface area contributed by atoms with E-state index < -0.39 is 5.41 Å². The van der Waals surface area contributed by atoms with Crippen LogP contribution in [0.25, 0.3) is 0 Å². The molecule has 1 N–H and O–H groups in total. The number of hydrogen-bond acceptors (Lipinski definition) is 3. The molecular formula is C21H34FIN4O2. The number of guanidine groups is 1. The van der Waals surface area contributed by atoms with Crippen molar-refractivity contribution in [1.29, 1.82) is 0 Å². The number of hydrogen-bond donors (Lipinski definition) is 1. The van der Waals surface area contributed by atoms with Gasteiger partial charge in [-0.2, -0.15) is 0 Å². The number of nitrogens with zero attached hydrogens (tertiary/aromatic N) is 3. The van der Waals surface area contributed by atoms with Crippen LogP contribution in [0.1, 0.15) is 32.6 Å². The summed E-state index contributed by atoms with van der Waals surface area (Å²) in [6.07, 6.45) is 3.90. The molecule has 1 fully saturated rings. The maximum absolute atomic E-state index is 13.7. The van der Waals surface area contributed by atoms with Crippen LogP contribution in [0.3, 0.4) is 0 Å². The second-order valence-corrected chi connectivity index (χ2v) is 7.56. The standard InChI is InChI=1S/C21H33FN4O2.HI/c1-5-23-20(24-16-21(12-8-9-13-21)19(27)25(2)3)26(4)14-15-28-18-11-7-6-10-17(18)22;/h6-7,10-11H,5,8-9,12-16H2,1-4H3,(H,23,24);1H. The fraction of sp³-hybridized carbons (Fsp3) is 0.619. The van der Waals surface area contributed by atoms with E-state index in [4.69, 9.17) is 9.73 Å². The summed E-state index contributed by atoms with van der Waals surface area (Å²) in [6, 6.07) is 6.38. The maximum atomic E-state index is 13.7. The zero-order valence-corrected chi connectivity index (χ0v) is 20.2. The molecule has 29 heavy (non-hydrogen) atoms. The zero-order valence-electron chi connectivity index (χ0n) is 17.9. The van der Waals surface area contributed by atoms with Gasteiger partial charge in [0, 0.05) is 27.7 Å². The number of rotatable bonds is 8. The Morgan fingerprint density at radius 3 is 2.48 bits per heavy atom. The SMILES string of the molecule is CCNC(=NCC1(C(=O)N(C)C)CCCC1)N(C)CCOc1ccccc1F.I. The molecule has 1 aliphatic carbocycles. The highest BCUT2D eigenvalue weighted by Gasteiger charge is 2.42. The van der Waals surface area contributed by atoms with Crippen molar-refractivity contribution in [2.45, 2.75) is 32.6 Å². The average Bonchev–Trinajstić information content (AvgIpc) is 3.15. The van der Waals surface area contributed by atoms with Gasteiger partial charge in [-0.25, -0.2) is 4.39 Å². The molecule has 8 heteroatoms.